The minimum Gasteiger partial charge on any atom is -0.495 e. The van der Waals surface area contributed by atoms with Gasteiger partial charge in [0.25, 0.3) is 0 Å². The number of rotatable bonds is 9. The highest BCUT2D eigenvalue weighted by Gasteiger charge is 2.16. The Morgan fingerprint density at radius 3 is 2.63 bits per heavy atom. The predicted molar refractivity (Wildman–Crippen MR) is 103 cm³/mol. The van der Waals surface area contributed by atoms with Gasteiger partial charge in [-0.1, -0.05) is 35.0 Å². The standard InChI is InChI=1S/C19H21BrF2N2O3/c1-3-24(11-13-10-14(20)8-9-16(13)27-19(21)22)12-18(25)23-15-6-4-5-7-17(15)26-2/h4-10,19H,3,11-12H2,1-2H3,(H,23,25). The summed E-state index contributed by atoms with van der Waals surface area (Å²) in [5.41, 5.74) is 1.14. The van der Waals surface area contributed by atoms with Crippen LogP contribution in [0.4, 0.5) is 14.5 Å². The lowest BCUT2D eigenvalue weighted by molar-refractivity contribution is -0.117. The number of hydrogen-bond acceptors (Lipinski definition) is 4. The molecule has 27 heavy (non-hydrogen) atoms. The van der Waals surface area contributed by atoms with Crippen molar-refractivity contribution < 1.29 is 23.0 Å². The monoisotopic (exact) mass is 442 g/mol. The van der Waals surface area contributed by atoms with Gasteiger partial charge in [-0.05, 0) is 36.9 Å². The Bertz CT molecular complexity index is 774. The number of halogens is 3. The number of likely N-dealkylation sites (N-methyl/N-ethyl adjacent to an activating group) is 1. The van der Waals surface area contributed by atoms with E-state index in [4.69, 9.17) is 4.74 Å². The summed E-state index contributed by atoms with van der Waals surface area (Å²) in [6.45, 7) is -0.0806. The van der Waals surface area contributed by atoms with Crippen molar-refractivity contribution in [1.29, 1.82) is 0 Å². The van der Waals surface area contributed by atoms with Crippen LogP contribution in [0.5, 0.6) is 11.5 Å². The Morgan fingerprint density at radius 2 is 1.96 bits per heavy atom. The minimum atomic E-state index is -2.91. The Kier molecular flexibility index (Phi) is 7.99. The summed E-state index contributed by atoms with van der Waals surface area (Å²) in [4.78, 5) is 14.2. The first-order valence-electron chi connectivity index (χ1n) is 8.31. The second-order valence-electron chi connectivity index (χ2n) is 5.68. The van der Waals surface area contributed by atoms with Gasteiger partial charge in [-0.15, -0.1) is 0 Å². The number of methoxy groups -OCH3 is 1. The van der Waals surface area contributed by atoms with Crippen LogP contribution in [0.1, 0.15) is 12.5 Å². The van der Waals surface area contributed by atoms with Crippen molar-refractivity contribution in [2.75, 3.05) is 25.5 Å². The fourth-order valence-electron chi connectivity index (χ4n) is 2.54. The maximum atomic E-state index is 12.6. The lowest BCUT2D eigenvalue weighted by atomic mass is 10.2. The van der Waals surface area contributed by atoms with Crippen molar-refractivity contribution in [3.05, 3.63) is 52.5 Å². The third-order valence-corrected chi connectivity index (χ3v) is 4.32. The fourth-order valence-corrected chi connectivity index (χ4v) is 2.95. The predicted octanol–water partition coefficient (Wildman–Crippen LogP) is 4.52. The minimum absolute atomic E-state index is 0.0924. The first-order chi connectivity index (χ1) is 12.9. The summed E-state index contributed by atoms with van der Waals surface area (Å²) in [6.07, 6.45) is 0. The molecular weight excluding hydrogens is 422 g/mol. The van der Waals surface area contributed by atoms with Crippen LogP contribution >= 0.6 is 15.9 Å². The van der Waals surface area contributed by atoms with Crippen LogP contribution in [0.15, 0.2) is 46.9 Å². The normalized spacial score (nSPS) is 10.9. The van der Waals surface area contributed by atoms with Crippen LogP contribution in [0.25, 0.3) is 0 Å². The zero-order chi connectivity index (χ0) is 19.8. The number of nitrogens with one attached hydrogen (secondary N) is 1. The number of ether oxygens (including phenoxy) is 2. The van der Waals surface area contributed by atoms with Gasteiger partial charge in [-0.25, -0.2) is 0 Å². The summed E-state index contributed by atoms with van der Waals surface area (Å²) in [7, 11) is 1.53. The Hall–Kier alpha value is -2.19. The molecule has 8 heteroatoms. The quantitative estimate of drug-likeness (QED) is 0.620. The summed E-state index contributed by atoms with van der Waals surface area (Å²) in [5, 5.41) is 2.80. The molecule has 0 unspecified atom stereocenters. The molecule has 0 atom stereocenters. The van der Waals surface area contributed by atoms with E-state index in [0.29, 0.717) is 23.5 Å². The topological polar surface area (TPSA) is 50.8 Å². The molecule has 0 aliphatic carbocycles. The molecule has 0 bridgehead atoms. The highest BCUT2D eigenvalue weighted by atomic mass is 79.9. The first-order valence-corrected chi connectivity index (χ1v) is 9.10. The van der Waals surface area contributed by atoms with E-state index >= 15 is 0 Å². The van der Waals surface area contributed by atoms with E-state index in [1.807, 2.05) is 17.9 Å². The van der Waals surface area contributed by atoms with E-state index in [2.05, 4.69) is 26.0 Å². The third-order valence-electron chi connectivity index (χ3n) is 3.83. The molecule has 0 spiro atoms. The molecule has 146 valence electrons. The van der Waals surface area contributed by atoms with E-state index in [9.17, 15) is 13.6 Å². The van der Waals surface area contributed by atoms with Crippen molar-refractivity contribution in [1.82, 2.24) is 4.90 Å². The van der Waals surface area contributed by atoms with Gasteiger partial charge in [0.15, 0.2) is 0 Å². The van der Waals surface area contributed by atoms with Crippen LogP contribution in [0.3, 0.4) is 0 Å². The molecule has 0 aromatic heterocycles. The zero-order valence-corrected chi connectivity index (χ0v) is 16.6. The SMILES string of the molecule is CCN(CC(=O)Nc1ccccc1OC)Cc1cc(Br)ccc1OC(F)F. The van der Waals surface area contributed by atoms with Crippen LogP contribution < -0.4 is 14.8 Å². The number of anilines is 1. The molecule has 5 nitrogen and oxygen atoms in total. The van der Waals surface area contributed by atoms with Crippen LogP contribution in [-0.2, 0) is 11.3 Å². The number of amides is 1. The van der Waals surface area contributed by atoms with Gasteiger partial charge in [0, 0.05) is 16.6 Å². The highest BCUT2D eigenvalue weighted by Crippen LogP contribution is 2.26. The van der Waals surface area contributed by atoms with Gasteiger partial charge in [0.05, 0.1) is 19.3 Å². The largest absolute Gasteiger partial charge is 0.495 e. The maximum absolute atomic E-state index is 12.6. The number of benzene rings is 2. The third kappa shape index (κ3) is 6.48. The Morgan fingerprint density at radius 1 is 1.22 bits per heavy atom. The molecule has 2 rings (SSSR count). The number of nitrogens with zero attached hydrogens (tertiary/aromatic N) is 1. The van der Waals surface area contributed by atoms with Gasteiger partial charge in [0.1, 0.15) is 11.5 Å². The van der Waals surface area contributed by atoms with Crippen molar-refractivity contribution in [3.8, 4) is 11.5 Å². The molecule has 1 amide bonds. The van der Waals surface area contributed by atoms with E-state index in [1.54, 1.807) is 30.3 Å². The molecule has 0 heterocycles. The zero-order valence-electron chi connectivity index (χ0n) is 15.0. The second-order valence-corrected chi connectivity index (χ2v) is 6.60. The number of hydrogen-bond donors (Lipinski definition) is 1. The van der Waals surface area contributed by atoms with E-state index in [1.165, 1.54) is 13.2 Å². The van der Waals surface area contributed by atoms with Crippen molar-refractivity contribution >= 4 is 27.5 Å². The number of carbonyl (C=O) groups excluding carboxylic acids is 1. The smallest absolute Gasteiger partial charge is 0.387 e. The molecule has 0 aliphatic rings. The fraction of sp³-hybridized carbons (Fsp3) is 0.316. The second kappa shape index (κ2) is 10.2. The Balaban J connectivity index is 2.07. The molecule has 0 aliphatic heterocycles. The summed E-state index contributed by atoms with van der Waals surface area (Å²) < 4.78 is 35.8. The van der Waals surface area contributed by atoms with E-state index < -0.39 is 6.61 Å². The molecule has 2 aromatic rings. The molecule has 0 fully saturated rings. The molecular formula is C19H21BrF2N2O3. The summed E-state index contributed by atoms with van der Waals surface area (Å²) >= 11 is 3.33. The molecule has 2 aromatic carbocycles. The first kappa shape index (κ1) is 21.1. The van der Waals surface area contributed by atoms with Gasteiger partial charge in [-0.3, -0.25) is 9.69 Å². The van der Waals surface area contributed by atoms with E-state index in [-0.39, 0.29) is 24.7 Å². The van der Waals surface area contributed by atoms with Crippen LogP contribution in [-0.4, -0.2) is 37.6 Å². The lowest BCUT2D eigenvalue weighted by Gasteiger charge is -2.22. The summed E-state index contributed by atoms with van der Waals surface area (Å²) in [5.74, 6) is 0.429. The molecule has 1 N–H and O–H groups in total. The highest BCUT2D eigenvalue weighted by molar-refractivity contribution is 9.10. The average Bonchev–Trinajstić information content (AvgIpc) is 2.63. The number of para-hydroxylation sites is 2. The van der Waals surface area contributed by atoms with Crippen molar-refractivity contribution in [2.45, 2.75) is 20.1 Å². The van der Waals surface area contributed by atoms with Gasteiger partial charge in [0.2, 0.25) is 5.91 Å². The van der Waals surface area contributed by atoms with Crippen LogP contribution in [0, 0.1) is 0 Å². The molecule has 0 radical (unpaired) electrons. The van der Waals surface area contributed by atoms with Crippen LogP contribution in [0.2, 0.25) is 0 Å². The van der Waals surface area contributed by atoms with Gasteiger partial charge < -0.3 is 14.8 Å². The average molecular weight is 443 g/mol. The van der Waals surface area contributed by atoms with Crippen molar-refractivity contribution in [3.63, 3.8) is 0 Å². The maximum Gasteiger partial charge on any atom is 0.387 e. The number of alkyl halides is 2. The number of carbonyl (C=O) groups is 1. The molecule has 0 saturated carbocycles. The lowest BCUT2D eigenvalue weighted by Crippen LogP contribution is -2.33. The van der Waals surface area contributed by atoms with Gasteiger partial charge >= 0.3 is 6.61 Å². The Labute approximate surface area is 165 Å². The van der Waals surface area contributed by atoms with E-state index in [0.717, 1.165) is 4.47 Å². The van der Waals surface area contributed by atoms with Gasteiger partial charge in [-0.2, -0.15) is 8.78 Å². The summed E-state index contributed by atoms with van der Waals surface area (Å²) in [6, 6.07) is 11.9. The van der Waals surface area contributed by atoms with Crippen molar-refractivity contribution in [2.24, 2.45) is 0 Å². The molecule has 0 saturated heterocycles.